The molecule has 2 aromatic rings. The number of nitrogens with one attached hydrogen (secondary N) is 1. The van der Waals surface area contributed by atoms with Gasteiger partial charge in [0.25, 0.3) is 5.91 Å². The third-order valence-corrected chi connectivity index (χ3v) is 9.94. The Labute approximate surface area is 215 Å². The molecule has 3 heterocycles. The summed E-state index contributed by atoms with van der Waals surface area (Å²) < 4.78 is 32.2. The van der Waals surface area contributed by atoms with E-state index in [-0.39, 0.29) is 29.9 Å². The van der Waals surface area contributed by atoms with Gasteiger partial charge in [-0.15, -0.1) is 11.3 Å². The van der Waals surface area contributed by atoms with Crippen LogP contribution in [0.2, 0.25) is 0 Å². The summed E-state index contributed by atoms with van der Waals surface area (Å²) >= 11 is 1.43. The van der Waals surface area contributed by atoms with Crippen LogP contribution >= 0.6 is 11.3 Å². The number of esters is 1. The fraction of sp³-hybridized carbons (Fsp3) is 0.480. The molecule has 1 N–H and O–H groups in total. The first-order chi connectivity index (χ1) is 17.1. The molecule has 0 aliphatic carbocycles. The van der Waals surface area contributed by atoms with Crippen molar-refractivity contribution in [3.05, 3.63) is 45.8 Å². The lowest BCUT2D eigenvalue weighted by Gasteiger charge is -2.30. The van der Waals surface area contributed by atoms with Crippen LogP contribution in [-0.2, 0) is 32.5 Å². The molecule has 0 unspecified atom stereocenters. The van der Waals surface area contributed by atoms with Crippen LogP contribution in [0, 0.1) is 17.2 Å². The van der Waals surface area contributed by atoms with Gasteiger partial charge in [0.1, 0.15) is 11.1 Å². The van der Waals surface area contributed by atoms with Crippen molar-refractivity contribution in [2.75, 3.05) is 32.1 Å². The maximum atomic E-state index is 13.0. The number of ether oxygens (including phenoxy) is 1. The van der Waals surface area contributed by atoms with Gasteiger partial charge >= 0.3 is 5.97 Å². The maximum absolute atomic E-state index is 13.0. The quantitative estimate of drug-likeness (QED) is 0.570. The Morgan fingerprint density at radius 3 is 2.42 bits per heavy atom. The van der Waals surface area contributed by atoms with Crippen molar-refractivity contribution in [3.63, 3.8) is 0 Å². The number of fused-ring (bicyclic) bond motifs is 1. The highest BCUT2D eigenvalue weighted by Crippen LogP contribution is 2.37. The van der Waals surface area contributed by atoms with E-state index in [1.165, 1.54) is 47.0 Å². The van der Waals surface area contributed by atoms with Gasteiger partial charge in [0.2, 0.25) is 10.0 Å². The Hall–Kier alpha value is -2.78. The van der Waals surface area contributed by atoms with E-state index in [9.17, 15) is 23.3 Å². The van der Waals surface area contributed by atoms with E-state index in [4.69, 9.17) is 4.74 Å². The van der Waals surface area contributed by atoms with Crippen LogP contribution < -0.4 is 5.32 Å². The number of methoxy groups -OCH3 is 1. The van der Waals surface area contributed by atoms with Gasteiger partial charge in [0.15, 0.2) is 0 Å². The van der Waals surface area contributed by atoms with Crippen LogP contribution in [0.4, 0.5) is 5.00 Å². The smallest absolute Gasteiger partial charge is 0.308 e. The first kappa shape index (κ1) is 26.3. The van der Waals surface area contributed by atoms with Crippen molar-refractivity contribution in [3.8, 4) is 6.07 Å². The lowest BCUT2D eigenvalue weighted by Crippen LogP contribution is -2.40. The Morgan fingerprint density at radius 2 is 1.83 bits per heavy atom. The van der Waals surface area contributed by atoms with Gasteiger partial charge in [-0.25, -0.2) is 8.42 Å². The number of nitrogens with zero attached hydrogens (tertiary/aromatic N) is 3. The number of thiophene rings is 1. The summed E-state index contributed by atoms with van der Waals surface area (Å²) in [7, 11) is -2.41. The average Bonchev–Trinajstić information content (AvgIpc) is 3.24. The summed E-state index contributed by atoms with van der Waals surface area (Å²) in [6.45, 7) is 6.38. The molecule has 36 heavy (non-hydrogen) atoms. The molecule has 0 spiro atoms. The summed E-state index contributed by atoms with van der Waals surface area (Å²) in [5, 5.41) is 13.1. The summed E-state index contributed by atoms with van der Waals surface area (Å²) in [4.78, 5) is 28.2. The molecule has 2 aliphatic rings. The second-order valence-corrected chi connectivity index (χ2v) is 12.4. The number of carbonyl (C=O) groups is 2. The van der Waals surface area contributed by atoms with Crippen LogP contribution in [0.5, 0.6) is 0 Å². The highest BCUT2D eigenvalue weighted by atomic mass is 32.2. The van der Waals surface area contributed by atoms with Crippen LogP contribution in [0.3, 0.4) is 0 Å². The number of hydrogen-bond acceptors (Lipinski definition) is 8. The summed E-state index contributed by atoms with van der Waals surface area (Å²) in [5.74, 6) is -0.998. The average molecular weight is 531 g/mol. The number of piperidine rings is 1. The summed E-state index contributed by atoms with van der Waals surface area (Å²) in [6.07, 6.45) is 1.59. The molecule has 2 aliphatic heterocycles. The Balaban J connectivity index is 1.45. The predicted octanol–water partition coefficient (Wildman–Crippen LogP) is 3.21. The fourth-order valence-electron chi connectivity index (χ4n) is 4.67. The number of benzene rings is 1. The van der Waals surface area contributed by atoms with Crippen molar-refractivity contribution < 1.29 is 22.7 Å². The lowest BCUT2D eigenvalue weighted by molar-refractivity contribution is -0.146. The van der Waals surface area contributed by atoms with Crippen LogP contribution in [0.1, 0.15) is 53.1 Å². The normalized spacial score (nSPS) is 17.4. The number of hydrogen-bond donors (Lipinski definition) is 1. The predicted molar refractivity (Wildman–Crippen MR) is 136 cm³/mol. The minimum absolute atomic E-state index is 0.0913. The second kappa shape index (κ2) is 10.7. The zero-order valence-corrected chi connectivity index (χ0v) is 22.2. The van der Waals surface area contributed by atoms with E-state index in [1.54, 1.807) is 0 Å². The number of rotatable bonds is 6. The van der Waals surface area contributed by atoms with Crippen molar-refractivity contribution in [1.29, 1.82) is 5.26 Å². The van der Waals surface area contributed by atoms with Gasteiger partial charge in [-0.1, -0.05) is 0 Å². The molecule has 4 rings (SSSR count). The topological polar surface area (TPSA) is 120 Å². The fourth-order valence-corrected chi connectivity index (χ4v) is 7.36. The molecule has 11 heteroatoms. The zero-order chi connectivity index (χ0) is 26.0. The van der Waals surface area contributed by atoms with Crippen molar-refractivity contribution in [2.24, 2.45) is 5.92 Å². The van der Waals surface area contributed by atoms with E-state index < -0.39 is 15.9 Å². The molecule has 0 radical (unpaired) electrons. The third kappa shape index (κ3) is 5.18. The third-order valence-electron chi connectivity index (χ3n) is 6.90. The Bertz CT molecular complexity index is 1290. The summed E-state index contributed by atoms with van der Waals surface area (Å²) in [5.41, 5.74) is 1.82. The molecule has 1 amide bonds. The molecular weight excluding hydrogens is 500 g/mol. The number of anilines is 1. The Kier molecular flexibility index (Phi) is 7.80. The first-order valence-electron chi connectivity index (χ1n) is 11.9. The Morgan fingerprint density at radius 1 is 1.17 bits per heavy atom. The van der Waals surface area contributed by atoms with E-state index >= 15 is 0 Å². The first-order valence-corrected chi connectivity index (χ1v) is 14.2. The molecule has 9 nitrogen and oxygen atoms in total. The number of nitriles is 1. The van der Waals surface area contributed by atoms with Crippen molar-refractivity contribution in [2.45, 2.75) is 50.6 Å². The molecule has 1 aromatic heterocycles. The van der Waals surface area contributed by atoms with Gasteiger partial charge < -0.3 is 10.1 Å². The highest BCUT2D eigenvalue weighted by molar-refractivity contribution is 7.89. The van der Waals surface area contributed by atoms with E-state index in [2.05, 4.69) is 30.1 Å². The molecule has 1 fully saturated rings. The molecule has 0 atom stereocenters. The molecule has 1 aromatic carbocycles. The standard InChI is InChI=1S/C25H30N4O5S2/c1-16(2)28-11-10-20-21(14-26)24(35-22(20)15-28)27-23(30)17-4-6-19(7-5-17)36(32,33)29-12-8-18(9-13-29)25(31)34-3/h4-7,16,18H,8-13,15H2,1-3H3,(H,27,30). The van der Waals surface area contributed by atoms with E-state index in [0.717, 1.165) is 30.0 Å². The SMILES string of the molecule is COC(=O)C1CCN(S(=O)(=O)c2ccc(C(=O)Nc3sc4c(c3C#N)CCN(C(C)C)C4)cc2)CC1. The van der Waals surface area contributed by atoms with Crippen LogP contribution in [-0.4, -0.2) is 62.3 Å². The lowest BCUT2D eigenvalue weighted by atomic mass is 9.99. The zero-order valence-electron chi connectivity index (χ0n) is 20.6. The van der Waals surface area contributed by atoms with Gasteiger partial charge in [-0.2, -0.15) is 9.57 Å². The van der Waals surface area contributed by atoms with Crippen LogP contribution in [0.15, 0.2) is 29.2 Å². The van der Waals surface area contributed by atoms with Gasteiger partial charge in [0.05, 0.1) is 23.5 Å². The van der Waals surface area contributed by atoms with Crippen LogP contribution in [0.25, 0.3) is 0 Å². The van der Waals surface area contributed by atoms with E-state index in [0.29, 0.717) is 35.0 Å². The molecule has 1 saturated heterocycles. The molecule has 192 valence electrons. The highest BCUT2D eigenvalue weighted by Gasteiger charge is 2.33. The van der Waals surface area contributed by atoms with Gasteiger partial charge in [0, 0.05) is 42.7 Å². The molecule has 0 saturated carbocycles. The number of carbonyl (C=O) groups excluding carboxylic acids is 2. The van der Waals surface area contributed by atoms with Crippen molar-refractivity contribution in [1.82, 2.24) is 9.21 Å². The molecular formula is C25H30N4O5S2. The monoisotopic (exact) mass is 530 g/mol. The van der Waals surface area contributed by atoms with Gasteiger partial charge in [-0.05, 0) is 62.9 Å². The van der Waals surface area contributed by atoms with Crippen molar-refractivity contribution >= 4 is 38.2 Å². The number of amides is 1. The maximum Gasteiger partial charge on any atom is 0.308 e. The summed E-state index contributed by atoms with van der Waals surface area (Å²) in [6, 6.07) is 8.44. The second-order valence-electron chi connectivity index (χ2n) is 9.31. The minimum atomic E-state index is -3.74. The number of sulfonamides is 1. The minimum Gasteiger partial charge on any atom is -0.469 e. The molecule has 0 bridgehead atoms. The van der Waals surface area contributed by atoms with Gasteiger partial charge in [-0.3, -0.25) is 14.5 Å². The van der Waals surface area contributed by atoms with E-state index in [1.807, 2.05) is 0 Å². The largest absolute Gasteiger partial charge is 0.469 e.